The topological polar surface area (TPSA) is 145 Å². The van der Waals surface area contributed by atoms with Crippen LogP contribution in [0.15, 0.2) is 23.6 Å². The summed E-state index contributed by atoms with van der Waals surface area (Å²) < 4.78 is 37.2. The molecular weight excluding hydrogens is 444 g/mol. The highest BCUT2D eigenvalue weighted by Crippen LogP contribution is 2.26. The molecule has 170 valence electrons. The Morgan fingerprint density at radius 2 is 2.09 bits per heavy atom. The Morgan fingerprint density at radius 1 is 1.38 bits per heavy atom. The number of hydrogen-bond acceptors (Lipinski definition) is 9. The number of allylic oxidation sites excluding steroid dienone is 1. The van der Waals surface area contributed by atoms with Crippen LogP contribution in [0.2, 0.25) is 0 Å². The number of alkyl halides is 1. The molecule has 2 heterocycles. The minimum atomic E-state index is -1.03. The molecule has 0 bridgehead atoms. The number of ether oxygens (including phenoxy) is 2. The number of likely N-dealkylation sites (tertiary alicyclic amines) is 1. The van der Waals surface area contributed by atoms with Crippen LogP contribution >= 0.6 is 11.3 Å². The lowest BCUT2D eigenvalue weighted by Gasteiger charge is -2.33. The minimum Gasteiger partial charge on any atom is -0.488 e. The number of nitrogens with two attached hydrogens (primary N) is 2. The van der Waals surface area contributed by atoms with Gasteiger partial charge in [-0.1, -0.05) is 0 Å². The first-order valence-corrected chi connectivity index (χ1v) is 10.3. The zero-order valence-electron chi connectivity index (χ0n) is 17.1. The molecule has 12 heteroatoms. The molecule has 9 nitrogen and oxygen atoms in total. The number of aromatic nitrogens is 1. The molecule has 0 radical (unpaired) electrons. The van der Waals surface area contributed by atoms with Crippen molar-refractivity contribution in [2.75, 3.05) is 39.1 Å². The van der Waals surface area contributed by atoms with Crippen molar-refractivity contribution in [3.8, 4) is 5.75 Å². The van der Waals surface area contributed by atoms with Crippen LogP contribution in [0.25, 0.3) is 5.70 Å². The minimum absolute atomic E-state index is 0.0147. The molecule has 5 N–H and O–H groups in total. The van der Waals surface area contributed by atoms with Crippen molar-refractivity contribution < 1.29 is 27.8 Å². The first-order chi connectivity index (χ1) is 15.2. The average molecular weight is 465 g/mol. The summed E-state index contributed by atoms with van der Waals surface area (Å²) >= 11 is 1.03. The highest BCUT2D eigenvalue weighted by Gasteiger charge is 2.32. The summed E-state index contributed by atoms with van der Waals surface area (Å²) in [6.07, 6.45) is -0.0781. The molecule has 1 fully saturated rings. The number of thiazole rings is 1. The standard InChI is InChI=1S/C20H21F2N5O4S/c1-30-2-3-31-17-6-13(23)11(4-12(17)22)18(25)16(28)5-14(24)19-26-15(9-32-19)20(29)27-7-10(21)8-27/h4-6,9-10,25H,2-3,7-8,23-24H2,1H3/b14-5-,25-18?. The predicted octanol–water partition coefficient (Wildman–Crippen LogP) is 1.62. The van der Waals surface area contributed by atoms with Gasteiger partial charge < -0.3 is 25.8 Å². The fraction of sp³-hybridized carbons (Fsp3) is 0.300. The van der Waals surface area contributed by atoms with E-state index in [-0.39, 0.29) is 59.7 Å². The number of amides is 1. The Labute approximate surface area is 186 Å². The van der Waals surface area contributed by atoms with Crippen LogP contribution in [0.3, 0.4) is 0 Å². The summed E-state index contributed by atoms with van der Waals surface area (Å²) in [4.78, 5) is 30.0. The third-order valence-electron chi connectivity index (χ3n) is 4.55. The second-order valence-electron chi connectivity index (χ2n) is 6.90. The van der Waals surface area contributed by atoms with E-state index < -0.39 is 29.4 Å². The quantitative estimate of drug-likeness (QED) is 0.221. The molecule has 0 atom stereocenters. The number of halogens is 2. The number of carbonyl (C=O) groups is 2. The Hall–Kier alpha value is -3.38. The van der Waals surface area contributed by atoms with Gasteiger partial charge in [-0.15, -0.1) is 11.3 Å². The fourth-order valence-electron chi connectivity index (χ4n) is 2.80. The summed E-state index contributed by atoms with van der Waals surface area (Å²) in [6, 6.07) is 2.12. The zero-order chi connectivity index (χ0) is 23.4. The summed E-state index contributed by atoms with van der Waals surface area (Å²) in [6.45, 7) is 0.381. The van der Waals surface area contributed by atoms with Crippen LogP contribution < -0.4 is 16.2 Å². The van der Waals surface area contributed by atoms with Gasteiger partial charge >= 0.3 is 0 Å². The van der Waals surface area contributed by atoms with E-state index in [2.05, 4.69) is 4.98 Å². The van der Waals surface area contributed by atoms with Gasteiger partial charge in [0.25, 0.3) is 5.91 Å². The Morgan fingerprint density at radius 3 is 2.75 bits per heavy atom. The van der Waals surface area contributed by atoms with Gasteiger partial charge in [0, 0.05) is 35.9 Å². The van der Waals surface area contributed by atoms with Crippen molar-refractivity contribution in [2.24, 2.45) is 5.73 Å². The number of nitrogens with one attached hydrogen (secondary N) is 1. The van der Waals surface area contributed by atoms with E-state index in [1.165, 1.54) is 23.5 Å². The van der Waals surface area contributed by atoms with Crippen molar-refractivity contribution >= 4 is 40.1 Å². The molecule has 1 aromatic carbocycles. The maximum Gasteiger partial charge on any atom is 0.273 e. The fourth-order valence-corrected chi connectivity index (χ4v) is 3.52. The van der Waals surface area contributed by atoms with Crippen molar-refractivity contribution in [3.63, 3.8) is 0 Å². The van der Waals surface area contributed by atoms with Gasteiger partial charge in [0.15, 0.2) is 11.6 Å². The van der Waals surface area contributed by atoms with E-state index in [1.807, 2.05) is 0 Å². The molecule has 3 rings (SSSR count). The number of carbonyl (C=O) groups excluding carboxylic acids is 2. The molecule has 32 heavy (non-hydrogen) atoms. The van der Waals surface area contributed by atoms with E-state index in [0.717, 1.165) is 23.5 Å². The smallest absolute Gasteiger partial charge is 0.273 e. The Kier molecular flexibility index (Phi) is 7.15. The molecule has 0 saturated carbocycles. The Balaban J connectivity index is 1.71. The largest absolute Gasteiger partial charge is 0.488 e. The molecule has 1 saturated heterocycles. The van der Waals surface area contributed by atoms with Crippen LogP contribution in [0.1, 0.15) is 21.1 Å². The molecule has 1 aromatic heterocycles. The SMILES string of the molecule is COCCOc1cc(N)c(C(=N)C(=O)/C=C(\N)c2nc(C(=O)N3CC(F)C3)cs2)cc1F. The van der Waals surface area contributed by atoms with Crippen molar-refractivity contribution in [2.45, 2.75) is 6.17 Å². The van der Waals surface area contributed by atoms with Crippen molar-refractivity contribution in [3.05, 3.63) is 45.7 Å². The molecule has 0 spiro atoms. The summed E-state index contributed by atoms with van der Waals surface area (Å²) in [5, 5.41) is 9.72. The maximum absolute atomic E-state index is 14.3. The van der Waals surface area contributed by atoms with Crippen molar-refractivity contribution in [1.29, 1.82) is 5.41 Å². The highest BCUT2D eigenvalue weighted by molar-refractivity contribution is 7.11. The molecule has 0 unspecified atom stereocenters. The van der Waals surface area contributed by atoms with Crippen molar-refractivity contribution in [1.82, 2.24) is 9.88 Å². The van der Waals surface area contributed by atoms with Crippen LogP contribution in [0.4, 0.5) is 14.5 Å². The summed E-state index contributed by atoms with van der Waals surface area (Å²) in [5.74, 6) is -2.17. The number of hydrogen-bond donors (Lipinski definition) is 3. The van der Waals surface area contributed by atoms with Gasteiger partial charge in [-0.25, -0.2) is 13.8 Å². The second-order valence-corrected chi connectivity index (χ2v) is 7.75. The van der Waals surface area contributed by atoms with E-state index >= 15 is 0 Å². The number of nitrogens with zero attached hydrogens (tertiary/aromatic N) is 2. The zero-order valence-corrected chi connectivity index (χ0v) is 17.9. The van der Waals surface area contributed by atoms with Gasteiger partial charge in [-0.3, -0.25) is 15.0 Å². The van der Waals surface area contributed by atoms with Gasteiger partial charge in [0.1, 0.15) is 29.2 Å². The summed E-state index contributed by atoms with van der Waals surface area (Å²) in [7, 11) is 1.47. The van der Waals surface area contributed by atoms with E-state index in [9.17, 15) is 18.4 Å². The average Bonchev–Trinajstić information content (AvgIpc) is 3.23. The lowest BCUT2D eigenvalue weighted by Crippen LogP contribution is -2.51. The van der Waals surface area contributed by atoms with E-state index in [0.29, 0.717) is 0 Å². The van der Waals surface area contributed by atoms with Gasteiger partial charge in [-0.2, -0.15) is 0 Å². The molecule has 1 amide bonds. The second kappa shape index (κ2) is 9.83. The number of anilines is 1. The number of methoxy groups -OCH3 is 1. The van der Waals surface area contributed by atoms with E-state index in [4.69, 9.17) is 26.4 Å². The maximum atomic E-state index is 14.3. The lowest BCUT2D eigenvalue weighted by molar-refractivity contribution is -0.108. The normalized spacial score (nSPS) is 14.2. The van der Waals surface area contributed by atoms with E-state index in [1.54, 1.807) is 0 Å². The van der Waals surface area contributed by atoms with Crippen LogP contribution in [-0.2, 0) is 9.53 Å². The first-order valence-electron chi connectivity index (χ1n) is 9.41. The number of benzene rings is 1. The molecule has 1 aliphatic rings. The third kappa shape index (κ3) is 5.08. The molecular formula is C20H21F2N5O4S. The summed E-state index contributed by atoms with van der Waals surface area (Å²) in [5.41, 5.74) is 11.1. The highest BCUT2D eigenvalue weighted by atomic mass is 32.1. The van der Waals surface area contributed by atoms with Crippen LogP contribution in [0, 0.1) is 11.2 Å². The van der Waals surface area contributed by atoms with Gasteiger partial charge in [-0.05, 0) is 6.07 Å². The lowest BCUT2D eigenvalue weighted by atomic mass is 10.0. The first kappa shape index (κ1) is 23.3. The predicted molar refractivity (Wildman–Crippen MR) is 115 cm³/mol. The van der Waals surface area contributed by atoms with Gasteiger partial charge in [0.05, 0.1) is 25.4 Å². The molecule has 0 aliphatic carbocycles. The Bertz CT molecular complexity index is 1080. The molecule has 1 aliphatic heterocycles. The number of ketones is 1. The van der Waals surface area contributed by atoms with Crippen LogP contribution in [0.5, 0.6) is 5.75 Å². The number of nitrogen functional groups attached to an aromatic ring is 1. The third-order valence-corrected chi connectivity index (χ3v) is 5.44. The molecule has 2 aromatic rings. The number of rotatable bonds is 9. The van der Waals surface area contributed by atoms with Crippen LogP contribution in [-0.4, -0.2) is 66.9 Å². The monoisotopic (exact) mass is 465 g/mol. The van der Waals surface area contributed by atoms with Gasteiger partial charge in [0.2, 0.25) is 5.78 Å².